The lowest BCUT2D eigenvalue weighted by molar-refractivity contribution is 0.194. The van der Waals surface area contributed by atoms with Gasteiger partial charge in [0.1, 0.15) is 0 Å². The fraction of sp³-hybridized carbons (Fsp3) is 0.882. The SMILES string of the molecule is CCN(CC)CC(C)NC1CCN(CC=C(C)C)CC1. The molecule has 1 rings (SSSR count). The monoisotopic (exact) mass is 281 g/mol. The van der Waals surface area contributed by atoms with E-state index in [0.717, 1.165) is 19.6 Å². The molecule has 0 aromatic heterocycles. The summed E-state index contributed by atoms with van der Waals surface area (Å²) >= 11 is 0. The summed E-state index contributed by atoms with van der Waals surface area (Å²) in [4.78, 5) is 5.07. The highest BCUT2D eigenvalue weighted by atomic mass is 15.2. The van der Waals surface area contributed by atoms with Crippen LogP contribution in [0.4, 0.5) is 0 Å². The highest BCUT2D eigenvalue weighted by Gasteiger charge is 2.20. The number of hydrogen-bond donors (Lipinski definition) is 1. The van der Waals surface area contributed by atoms with Crippen molar-refractivity contribution in [3.8, 4) is 0 Å². The lowest BCUT2D eigenvalue weighted by Crippen LogP contribution is -2.48. The van der Waals surface area contributed by atoms with Gasteiger partial charge < -0.3 is 10.2 Å². The highest BCUT2D eigenvalue weighted by Crippen LogP contribution is 2.11. The summed E-state index contributed by atoms with van der Waals surface area (Å²) in [5.74, 6) is 0. The van der Waals surface area contributed by atoms with E-state index < -0.39 is 0 Å². The predicted octanol–water partition coefficient (Wildman–Crippen LogP) is 2.74. The van der Waals surface area contributed by atoms with Gasteiger partial charge in [0.05, 0.1) is 0 Å². The molecule has 1 aliphatic rings. The van der Waals surface area contributed by atoms with E-state index in [9.17, 15) is 0 Å². The number of likely N-dealkylation sites (tertiary alicyclic amines) is 1. The summed E-state index contributed by atoms with van der Waals surface area (Å²) < 4.78 is 0. The Balaban J connectivity index is 2.23. The molecule has 1 fully saturated rings. The maximum absolute atomic E-state index is 3.82. The molecule has 0 aromatic rings. The van der Waals surface area contributed by atoms with Crippen LogP contribution in [0.2, 0.25) is 0 Å². The van der Waals surface area contributed by atoms with Crippen LogP contribution in [-0.2, 0) is 0 Å². The maximum atomic E-state index is 3.82. The quantitative estimate of drug-likeness (QED) is 0.690. The number of hydrogen-bond acceptors (Lipinski definition) is 3. The van der Waals surface area contributed by atoms with Crippen molar-refractivity contribution in [2.45, 2.75) is 59.5 Å². The summed E-state index contributed by atoms with van der Waals surface area (Å²) in [6, 6.07) is 1.31. The molecule has 0 aromatic carbocycles. The molecule has 0 amide bonds. The zero-order valence-corrected chi connectivity index (χ0v) is 14.3. The summed E-state index contributed by atoms with van der Waals surface area (Å²) in [5.41, 5.74) is 1.43. The number of allylic oxidation sites excluding steroid dienone is 1. The van der Waals surface area contributed by atoms with E-state index in [1.54, 1.807) is 0 Å². The fourth-order valence-electron chi connectivity index (χ4n) is 2.92. The van der Waals surface area contributed by atoms with Crippen molar-refractivity contribution in [3.05, 3.63) is 11.6 Å². The molecule has 1 heterocycles. The van der Waals surface area contributed by atoms with Crippen LogP contribution in [0, 0.1) is 0 Å². The zero-order valence-electron chi connectivity index (χ0n) is 14.3. The van der Waals surface area contributed by atoms with E-state index in [1.807, 2.05) is 0 Å². The summed E-state index contributed by atoms with van der Waals surface area (Å²) in [6.45, 7) is 18.3. The van der Waals surface area contributed by atoms with Crippen LogP contribution in [0.15, 0.2) is 11.6 Å². The van der Waals surface area contributed by atoms with Crippen LogP contribution < -0.4 is 5.32 Å². The number of likely N-dealkylation sites (N-methyl/N-ethyl adjacent to an activating group) is 1. The molecule has 1 atom stereocenters. The molecule has 20 heavy (non-hydrogen) atoms. The number of nitrogens with zero attached hydrogens (tertiary/aromatic N) is 2. The lowest BCUT2D eigenvalue weighted by Gasteiger charge is -2.34. The second-order valence-electron chi connectivity index (χ2n) is 6.41. The Labute approximate surface area is 126 Å². The Morgan fingerprint density at radius 1 is 1.25 bits per heavy atom. The van der Waals surface area contributed by atoms with E-state index in [2.05, 4.69) is 55.8 Å². The van der Waals surface area contributed by atoms with Crippen molar-refractivity contribution < 1.29 is 0 Å². The largest absolute Gasteiger partial charge is 0.310 e. The van der Waals surface area contributed by atoms with E-state index >= 15 is 0 Å². The van der Waals surface area contributed by atoms with Crippen LogP contribution in [0.5, 0.6) is 0 Å². The van der Waals surface area contributed by atoms with Crippen molar-refractivity contribution in [3.63, 3.8) is 0 Å². The minimum atomic E-state index is 0.601. The Bertz CT molecular complexity index is 272. The van der Waals surface area contributed by atoms with Gasteiger partial charge >= 0.3 is 0 Å². The van der Waals surface area contributed by atoms with E-state index in [1.165, 1.54) is 38.0 Å². The van der Waals surface area contributed by atoms with Crippen molar-refractivity contribution in [2.24, 2.45) is 0 Å². The van der Waals surface area contributed by atoms with E-state index in [0.29, 0.717) is 12.1 Å². The molecule has 118 valence electrons. The van der Waals surface area contributed by atoms with E-state index in [4.69, 9.17) is 0 Å². The van der Waals surface area contributed by atoms with Crippen LogP contribution in [0.1, 0.15) is 47.5 Å². The van der Waals surface area contributed by atoms with Crippen molar-refractivity contribution in [1.82, 2.24) is 15.1 Å². The minimum absolute atomic E-state index is 0.601. The van der Waals surface area contributed by atoms with Gasteiger partial charge in [0.2, 0.25) is 0 Å². The Morgan fingerprint density at radius 2 is 1.85 bits per heavy atom. The average Bonchev–Trinajstić information content (AvgIpc) is 2.44. The smallest absolute Gasteiger partial charge is 0.0169 e. The minimum Gasteiger partial charge on any atom is -0.310 e. The molecule has 0 bridgehead atoms. The second-order valence-corrected chi connectivity index (χ2v) is 6.41. The average molecular weight is 281 g/mol. The third-order valence-electron chi connectivity index (χ3n) is 4.29. The first-order valence-electron chi connectivity index (χ1n) is 8.39. The summed E-state index contributed by atoms with van der Waals surface area (Å²) in [7, 11) is 0. The number of rotatable bonds is 8. The molecule has 0 saturated carbocycles. The maximum Gasteiger partial charge on any atom is 0.0169 e. The first kappa shape index (κ1) is 17.7. The van der Waals surface area contributed by atoms with Gasteiger partial charge in [0.15, 0.2) is 0 Å². The topological polar surface area (TPSA) is 18.5 Å². The van der Waals surface area contributed by atoms with Crippen molar-refractivity contribution >= 4 is 0 Å². The summed E-state index contributed by atoms with van der Waals surface area (Å²) in [6.07, 6.45) is 4.93. The molecule has 3 heteroatoms. The molecule has 1 unspecified atom stereocenters. The standard InChI is InChI=1S/C17H35N3/c1-6-19(7-2)14-16(5)18-17-9-12-20(13-10-17)11-8-15(3)4/h8,16-18H,6-7,9-14H2,1-5H3. The molecule has 1 aliphatic heterocycles. The normalized spacial score (nSPS) is 19.3. The van der Waals surface area contributed by atoms with Gasteiger partial charge in [0, 0.05) is 25.2 Å². The van der Waals surface area contributed by atoms with Crippen LogP contribution in [0.25, 0.3) is 0 Å². The molecule has 0 spiro atoms. The Kier molecular flexibility index (Phi) is 8.43. The van der Waals surface area contributed by atoms with Crippen molar-refractivity contribution in [2.75, 3.05) is 39.3 Å². The molecule has 0 radical (unpaired) electrons. The van der Waals surface area contributed by atoms with Gasteiger partial charge in [-0.05, 0) is 59.8 Å². The summed E-state index contributed by atoms with van der Waals surface area (Å²) in [5, 5.41) is 3.82. The fourth-order valence-corrected chi connectivity index (χ4v) is 2.92. The van der Waals surface area contributed by atoms with Crippen LogP contribution >= 0.6 is 0 Å². The number of nitrogens with one attached hydrogen (secondary N) is 1. The third-order valence-corrected chi connectivity index (χ3v) is 4.29. The van der Waals surface area contributed by atoms with Gasteiger partial charge in [-0.25, -0.2) is 0 Å². The third kappa shape index (κ3) is 6.87. The molecule has 0 aliphatic carbocycles. The van der Waals surface area contributed by atoms with Gasteiger partial charge in [-0.15, -0.1) is 0 Å². The van der Waals surface area contributed by atoms with Crippen LogP contribution in [-0.4, -0.2) is 61.2 Å². The second kappa shape index (κ2) is 9.54. The van der Waals surface area contributed by atoms with Crippen LogP contribution in [0.3, 0.4) is 0 Å². The zero-order chi connectivity index (χ0) is 15.0. The Hall–Kier alpha value is -0.380. The predicted molar refractivity (Wildman–Crippen MR) is 89.3 cm³/mol. The van der Waals surface area contributed by atoms with Crippen molar-refractivity contribution in [1.29, 1.82) is 0 Å². The van der Waals surface area contributed by atoms with Gasteiger partial charge in [-0.3, -0.25) is 4.90 Å². The molecule has 1 N–H and O–H groups in total. The van der Waals surface area contributed by atoms with Gasteiger partial charge in [0.25, 0.3) is 0 Å². The highest BCUT2D eigenvalue weighted by molar-refractivity contribution is 4.95. The Morgan fingerprint density at radius 3 is 2.35 bits per heavy atom. The molecular formula is C17H35N3. The number of piperidine rings is 1. The van der Waals surface area contributed by atoms with Gasteiger partial charge in [-0.1, -0.05) is 25.5 Å². The van der Waals surface area contributed by atoms with E-state index in [-0.39, 0.29) is 0 Å². The van der Waals surface area contributed by atoms with Gasteiger partial charge in [-0.2, -0.15) is 0 Å². The molecular weight excluding hydrogens is 246 g/mol. The molecule has 3 nitrogen and oxygen atoms in total. The lowest BCUT2D eigenvalue weighted by atomic mass is 10.0. The first-order chi connectivity index (χ1) is 9.55. The first-order valence-corrected chi connectivity index (χ1v) is 8.39. The molecule has 1 saturated heterocycles.